The number of ether oxygens (including phenoxy) is 1. The second-order valence-corrected chi connectivity index (χ2v) is 6.08. The molecule has 3 aromatic carbocycles. The van der Waals surface area contributed by atoms with E-state index in [4.69, 9.17) is 4.74 Å². The molecular weight excluding hydrogens is 324 g/mol. The number of benzene rings is 3. The fourth-order valence-corrected chi connectivity index (χ4v) is 2.68. The lowest BCUT2D eigenvalue weighted by Gasteiger charge is -2.20. The molecule has 0 saturated carbocycles. The van der Waals surface area contributed by atoms with Gasteiger partial charge in [-0.25, -0.2) is 0 Å². The topological polar surface area (TPSA) is 50.4 Å². The van der Waals surface area contributed by atoms with Gasteiger partial charge in [0.2, 0.25) is 0 Å². The van der Waals surface area contributed by atoms with Crippen molar-refractivity contribution in [3.05, 3.63) is 90.0 Å². The molecular formula is C22H22N2O2. The van der Waals surface area contributed by atoms with E-state index < -0.39 is 6.04 Å². The summed E-state index contributed by atoms with van der Waals surface area (Å²) in [5.41, 5.74) is 3.63. The molecule has 26 heavy (non-hydrogen) atoms. The molecule has 0 radical (unpaired) electrons. The molecule has 0 saturated heterocycles. The Kier molecular flexibility index (Phi) is 5.54. The SMILES string of the molecule is COc1cccc(N[C@H](C(=O)Nc2ccc(C)cc2)c2ccccc2)c1. The highest BCUT2D eigenvalue weighted by Crippen LogP contribution is 2.24. The van der Waals surface area contributed by atoms with Crippen LogP contribution in [-0.2, 0) is 4.79 Å². The van der Waals surface area contributed by atoms with Gasteiger partial charge in [-0.15, -0.1) is 0 Å². The van der Waals surface area contributed by atoms with E-state index in [-0.39, 0.29) is 5.91 Å². The van der Waals surface area contributed by atoms with E-state index in [1.807, 2.05) is 85.8 Å². The van der Waals surface area contributed by atoms with Crippen LogP contribution in [0.1, 0.15) is 17.2 Å². The van der Waals surface area contributed by atoms with Crippen LogP contribution >= 0.6 is 0 Å². The molecule has 0 aliphatic carbocycles. The first kappa shape index (κ1) is 17.5. The summed E-state index contributed by atoms with van der Waals surface area (Å²) in [4.78, 5) is 13.0. The number of hydrogen-bond acceptors (Lipinski definition) is 3. The standard InChI is InChI=1S/C22H22N2O2/c1-16-11-13-18(14-12-16)24-22(25)21(17-7-4-3-5-8-17)23-19-9-6-10-20(15-19)26-2/h3-15,21,23H,1-2H3,(H,24,25)/t21-/m0/s1. The van der Waals surface area contributed by atoms with Crippen LogP contribution in [0.4, 0.5) is 11.4 Å². The van der Waals surface area contributed by atoms with Crippen LogP contribution in [0, 0.1) is 6.92 Å². The van der Waals surface area contributed by atoms with Gasteiger partial charge >= 0.3 is 0 Å². The van der Waals surface area contributed by atoms with Crippen LogP contribution in [0.5, 0.6) is 5.75 Å². The van der Waals surface area contributed by atoms with Crippen LogP contribution in [-0.4, -0.2) is 13.0 Å². The highest BCUT2D eigenvalue weighted by molar-refractivity contribution is 5.97. The minimum atomic E-state index is -0.524. The predicted octanol–water partition coefficient (Wildman–Crippen LogP) is 4.80. The maximum atomic E-state index is 13.0. The minimum Gasteiger partial charge on any atom is -0.497 e. The van der Waals surface area contributed by atoms with Gasteiger partial charge in [0.1, 0.15) is 11.8 Å². The zero-order valence-corrected chi connectivity index (χ0v) is 14.9. The van der Waals surface area contributed by atoms with Gasteiger partial charge in [0.15, 0.2) is 0 Å². The third kappa shape index (κ3) is 4.42. The van der Waals surface area contributed by atoms with Crippen LogP contribution in [0.3, 0.4) is 0 Å². The van der Waals surface area contributed by atoms with Gasteiger partial charge in [-0.3, -0.25) is 4.79 Å². The zero-order valence-electron chi connectivity index (χ0n) is 14.9. The largest absolute Gasteiger partial charge is 0.497 e. The van der Waals surface area contributed by atoms with Crippen molar-refractivity contribution < 1.29 is 9.53 Å². The van der Waals surface area contributed by atoms with E-state index in [9.17, 15) is 4.79 Å². The number of rotatable bonds is 6. The molecule has 3 rings (SSSR count). The summed E-state index contributed by atoms with van der Waals surface area (Å²) >= 11 is 0. The number of carbonyl (C=O) groups is 1. The quantitative estimate of drug-likeness (QED) is 0.674. The molecule has 0 heterocycles. The predicted molar refractivity (Wildman–Crippen MR) is 106 cm³/mol. The van der Waals surface area contributed by atoms with Gasteiger partial charge in [-0.05, 0) is 36.8 Å². The van der Waals surface area contributed by atoms with Crippen molar-refractivity contribution in [2.24, 2.45) is 0 Å². The van der Waals surface area contributed by atoms with E-state index in [0.717, 1.165) is 28.3 Å². The van der Waals surface area contributed by atoms with E-state index in [1.165, 1.54) is 0 Å². The molecule has 0 aliphatic heterocycles. The maximum absolute atomic E-state index is 13.0. The van der Waals surface area contributed by atoms with Crippen molar-refractivity contribution in [1.29, 1.82) is 0 Å². The highest BCUT2D eigenvalue weighted by atomic mass is 16.5. The minimum absolute atomic E-state index is 0.122. The normalized spacial score (nSPS) is 11.5. The monoisotopic (exact) mass is 346 g/mol. The molecule has 1 amide bonds. The maximum Gasteiger partial charge on any atom is 0.251 e. The molecule has 0 aromatic heterocycles. The van der Waals surface area contributed by atoms with E-state index in [0.29, 0.717) is 0 Å². The van der Waals surface area contributed by atoms with Crippen molar-refractivity contribution in [3.8, 4) is 5.75 Å². The molecule has 2 N–H and O–H groups in total. The fourth-order valence-electron chi connectivity index (χ4n) is 2.68. The first-order chi connectivity index (χ1) is 12.7. The Morgan fingerprint density at radius 2 is 1.62 bits per heavy atom. The smallest absolute Gasteiger partial charge is 0.251 e. The molecule has 4 heteroatoms. The molecule has 0 aliphatic rings. The second kappa shape index (κ2) is 8.21. The Balaban J connectivity index is 1.85. The van der Waals surface area contributed by atoms with Crippen LogP contribution in [0.15, 0.2) is 78.9 Å². The van der Waals surface area contributed by atoms with E-state index in [2.05, 4.69) is 10.6 Å². The Hall–Kier alpha value is -3.27. The highest BCUT2D eigenvalue weighted by Gasteiger charge is 2.20. The van der Waals surface area contributed by atoms with Crippen molar-refractivity contribution in [3.63, 3.8) is 0 Å². The third-order valence-corrected chi connectivity index (χ3v) is 4.09. The van der Waals surface area contributed by atoms with Crippen molar-refractivity contribution in [1.82, 2.24) is 0 Å². The first-order valence-electron chi connectivity index (χ1n) is 8.49. The Morgan fingerprint density at radius 3 is 2.31 bits per heavy atom. The fraction of sp³-hybridized carbons (Fsp3) is 0.136. The van der Waals surface area contributed by atoms with Gasteiger partial charge < -0.3 is 15.4 Å². The average Bonchev–Trinajstić information content (AvgIpc) is 2.68. The molecule has 3 aromatic rings. The van der Waals surface area contributed by atoms with Gasteiger partial charge in [0.25, 0.3) is 5.91 Å². The number of nitrogens with one attached hydrogen (secondary N) is 2. The average molecular weight is 346 g/mol. The lowest BCUT2D eigenvalue weighted by molar-refractivity contribution is -0.117. The Bertz CT molecular complexity index is 861. The number of hydrogen-bond donors (Lipinski definition) is 2. The number of methoxy groups -OCH3 is 1. The summed E-state index contributed by atoms with van der Waals surface area (Å²) in [6, 6.07) is 24.4. The van der Waals surface area contributed by atoms with Crippen LogP contribution < -0.4 is 15.4 Å². The summed E-state index contributed by atoms with van der Waals surface area (Å²) in [6.07, 6.45) is 0. The van der Waals surface area contributed by atoms with E-state index in [1.54, 1.807) is 7.11 Å². The van der Waals surface area contributed by atoms with Gasteiger partial charge in [0, 0.05) is 17.4 Å². The van der Waals surface area contributed by atoms with Crippen molar-refractivity contribution in [2.75, 3.05) is 17.7 Å². The lowest BCUT2D eigenvalue weighted by Crippen LogP contribution is -2.27. The second-order valence-electron chi connectivity index (χ2n) is 6.08. The molecule has 0 unspecified atom stereocenters. The first-order valence-corrected chi connectivity index (χ1v) is 8.49. The molecule has 1 atom stereocenters. The van der Waals surface area contributed by atoms with Crippen LogP contribution in [0.25, 0.3) is 0 Å². The Labute approximate surface area is 153 Å². The summed E-state index contributed by atoms with van der Waals surface area (Å²) in [7, 11) is 1.62. The summed E-state index contributed by atoms with van der Waals surface area (Å²) in [5, 5.41) is 6.29. The molecule has 132 valence electrons. The number of aryl methyl sites for hydroxylation is 1. The zero-order chi connectivity index (χ0) is 18.4. The molecule has 4 nitrogen and oxygen atoms in total. The summed E-state index contributed by atoms with van der Waals surface area (Å²) < 4.78 is 5.27. The van der Waals surface area contributed by atoms with Crippen LogP contribution in [0.2, 0.25) is 0 Å². The number of anilines is 2. The summed E-state index contributed by atoms with van der Waals surface area (Å²) in [5.74, 6) is 0.614. The van der Waals surface area contributed by atoms with Gasteiger partial charge in [-0.1, -0.05) is 54.1 Å². The lowest BCUT2D eigenvalue weighted by atomic mass is 10.1. The third-order valence-electron chi connectivity index (χ3n) is 4.09. The molecule has 0 spiro atoms. The van der Waals surface area contributed by atoms with Gasteiger partial charge in [0.05, 0.1) is 7.11 Å². The van der Waals surface area contributed by atoms with Gasteiger partial charge in [-0.2, -0.15) is 0 Å². The molecule has 0 bridgehead atoms. The number of carbonyl (C=O) groups excluding carboxylic acids is 1. The summed E-state index contributed by atoms with van der Waals surface area (Å²) in [6.45, 7) is 2.02. The van der Waals surface area contributed by atoms with Crippen molar-refractivity contribution >= 4 is 17.3 Å². The molecule has 0 fully saturated rings. The Morgan fingerprint density at radius 1 is 0.885 bits per heavy atom. The van der Waals surface area contributed by atoms with E-state index >= 15 is 0 Å². The van der Waals surface area contributed by atoms with Crippen molar-refractivity contribution in [2.45, 2.75) is 13.0 Å². The number of amides is 1.